The smallest absolute Gasteiger partial charge is 0.371 e. The normalized spacial score (nSPS) is 19.4. The summed E-state index contributed by atoms with van der Waals surface area (Å²) >= 11 is 5.72. The van der Waals surface area contributed by atoms with Gasteiger partial charge in [-0.1, -0.05) is 54.8 Å². The van der Waals surface area contributed by atoms with E-state index in [-0.39, 0.29) is 17.6 Å². The Morgan fingerprint density at radius 3 is 2.38 bits per heavy atom. The van der Waals surface area contributed by atoms with Gasteiger partial charge in [-0.15, -0.1) is 0 Å². The van der Waals surface area contributed by atoms with E-state index >= 15 is 0 Å². The van der Waals surface area contributed by atoms with Crippen LogP contribution in [0.2, 0.25) is 5.02 Å². The monoisotopic (exact) mass is 668 g/mol. The number of hydrogen-bond donors (Lipinski definition) is 4. The van der Waals surface area contributed by atoms with E-state index in [0.29, 0.717) is 60.4 Å². The van der Waals surface area contributed by atoms with Crippen molar-refractivity contribution in [3.63, 3.8) is 0 Å². The molecular weight excluding hydrogens is 624 g/mol. The molecule has 47 heavy (non-hydrogen) atoms. The summed E-state index contributed by atoms with van der Waals surface area (Å²) in [6.07, 6.45) is 5.83. The lowest BCUT2D eigenvalue weighted by Gasteiger charge is -2.35. The summed E-state index contributed by atoms with van der Waals surface area (Å²) in [5.74, 6) is -0.590. The molecule has 6 rings (SSSR count). The Morgan fingerprint density at radius 1 is 1.00 bits per heavy atom. The molecule has 2 aromatic carbocycles. The number of likely N-dealkylation sites (tertiary alicyclic amines) is 1. The minimum atomic E-state index is -1.08. The van der Waals surface area contributed by atoms with Gasteiger partial charge in [-0.05, 0) is 74.5 Å². The first-order valence-corrected chi connectivity index (χ1v) is 16.8. The molecule has 3 aromatic rings. The summed E-state index contributed by atoms with van der Waals surface area (Å²) in [6.45, 7) is 5.65. The Morgan fingerprint density at radius 2 is 1.70 bits per heavy atom. The van der Waals surface area contributed by atoms with Crippen molar-refractivity contribution in [1.29, 1.82) is 0 Å². The summed E-state index contributed by atoms with van der Waals surface area (Å²) in [5.41, 5.74) is 7.05. The van der Waals surface area contributed by atoms with Gasteiger partial charge >= 0.3 is 5.97 Å². The number of benzene rings is 2. The molecule has 0 radical (unpaired) electrons. The second-order valence-electron chi connectivity index (χ2n) is 12.9. The van der Waals surface area contributed by atoms with Crippen LogP contribution in [0.15, 0.2) is 59.0 Å². The molecular formula is C35H45ClN4O7. The predicted octanol–water partition coefficient (Wildman–Crippen LogP) is 4.22. The van der Waals surface area contributed by atoms with E-state index in [9.17, 15) is 14.4 Å². The van der Waals surface area contributed by atoms with Crippen LogP contribution in [-0.2, 0) is 25.5 Å². The average molecular weight is 669 g/mol. The number of furan rings is 1. The summed E-state index contributed by atoms with van der Waals surface area (Å²) in [5, 5.41) is 16.0. The lowest BCUT2D eigenvalue weighted by molar-refractivity contribution is -0.132. The Balaban J connectivity index is 0.000000277. The number of nitrogens with two attached hydrogens (primary N) is 1. The standard InChI is InChI=1S/C26H40N4O4.C9H5ClO3/c27-26(10-4-5-11-26)25(32)29-23(14-20-6-2-1-3-7-20)24(31)28-15-21-8-12-30(13-9-21)16-22-17-33-19-34-18-22;10-6-1-2-7-5(3-6)4-8(13-7)9(11)12/h1-3,6-7,21-23H,4-5,8-19,27H2,(H,28,31)(H,29,32);1-4H,(H,11,12)/t23-;/m1./s1. The second-order valence-corrected chi connectivity index (χ2v) is 13.3. The van der Waals surface area contributed by atoms with Crippen LogP contribution in [0.1, 0.15) is 54.6 Å². The number of fused-ring (bicyclic) bond motifs is 1. The van der Waals surface area contributed by atoms with Crippen LogP contribution in [0.4, 0.5) is 0 Å². The second kappa shape index (κ2) is 16.6. The molecule has 3 aliphatic rings. The zero-order chi connectivity index (χ0) is 33.2. The molecule has 2 saturated heterocycles. The van der Waals surface area contributed by atoms with Gasteiger partial charge in [-0.2, -0.15) is 0 Å². The molecule has 11 nitrogen and oxygen atoms in total. The van der Waals surface area contributed by atoms with E-state index in [1.165, 1.54) is 6.07 Å². The highest BCUT2D eigenvalue weighted by molar-refractivity contribution is 6.31. The molecule has 1 aliphatic carbocycles. The molecule has 2 aliphatic heterocycles. The average Bonchev–Trinajstić information content (AvgIpc) is 3.72. The maximum absolute atomic E-state index is 13.2. The van der Waals surface area contributed by atoms with Crippen molar-refractivity contribution in [1.82, 2.24) is 15.5 Å². The molecule has 12 heteroatoms. The van der Waals surface area contributed by atoms with E-state index < -0.39 is 17.6 Å². The molecule has 1 aromatic heterocycles. The number of carbonyl (C=O) groups is 3. The predicted molar refractivity (Wildman–Crippen MR) is 178 cm³/mol. The van der Waals surface area contributed by atoms with Crippen LogP contribution >= 0.6 is 11.6 Å². The van der Waals surface area contributed by atoms with Crippen LogP contribution < -0.4 is 16.4 Å². The van der Waals surface area contributed by atoms with Crippen molar-refractivity contribution in [2.45, 2.75) is 56.5 Å². The largest absolute Gasteiger partial charge is 0.475 e. The fourth-order valence-corrected chi connectivity index (χ4v) is 6.64. The highest BCUT2D eigenvalue weighted by Gasteiger charge is 2.39. The van der Waals surface area contributed by atoms with Gasteiger partial charge in [-0.25, -0.2) is 4.79 Å². The fraction of sp³-hybridized carbons (Fsp3) is 0.514. The SMILES string of the molecule is NC1(C(=O)N[C@H](Cc2ccccc2)C(=O)NCC2CCN(CC3COCOC3)CC2)CCCC1.O=C(O)c1cc2cc(Cl)ccc2o1. The first-order valence-electron chi connectivity index (χ1n) is 16.4. The van der Waals surface area contributed by atoms with Crippen molar-refractivity contribution in [2.24, 2.45) is 17.6 Å². The third kappa shape index (κ3) is 10.0. The highest BCUT2D eigenvalue weighted by atomic mass is 35.5. The molecule has 1 saturated carbocycles. The highest BCUT2D eigenvalue weighted by Crippen LogP contribution is 2.27. The zero-order valence-electron chi connectivity index (χ0n) is 26.6. The van der Waals surface area contributed by atoms with Crippen molar-refractivity contribution in [3.05, 3.63) is 70.9 Å². The maximum Gasteiger partial charge on any atom is 0.371 e. The van der Waals surface area contributed by atoms with Crippen molar-refractivity contribution in [3.8, 4) is 0 Å². The molecule has 2 amide bonds. The number of carboxylic acid groups (broad SMARTS) is 1. The Kier molecular flexibility index (Phi) is 12.3. The van der Waals surface area contributed by atoms with Crippen molar-refractivity contribution in [2.75, 3.05) is 46.2 Å². The van der Waals surface area contributed by atoms with Crippen LogP contribution in [-0.4, -0.2) is 85.6 Å². The minimum absolute atomic E-state index is 0.0720. The fourth-order valence-electron chi connectivity index (χ4n) is 6.46. The number of hydrogen-bond acceptors (Lipinski definition) is 8. The number of ether oxygens (including phenoxy) is 2. The Hall–Kier alpha value is -3.48. The first kappa shape index (κ1) is 34.8. The number of halogens is 1. The number of aromatic carboxylic acids is 1. The van der Waals surface area contributed by atoms with E-state index in [1.807, 2.05) is 30.3 Å². The zero-order valence-corrected chi connectivity index (χ0v) is 27.4. The number of carbonyl (C=O) groups excluding carboxylic acids is 2. The van der Waals surface area contributed by atoms with Gasteiger partial charge in [0.05, 0.1) is 18.8 Å². The van der Waals surface area contributed by atoms with Gasteiger partial charge in [0.1, 0.15) is 18.4 Å². The lowest BCUT2D eigenvalue weighted by atomic mass is 9.95. The lowest BCUT2D eigenvalue weighted by Crippen LogP contribution is -2.58. The molecule has 5 N–H and O–H groups in total. The van der Waals surface area contributed by atoms with Gasteiger partial charge in [0.2, 0.25) is 17.6 Å². The number of rotatable bonds is 10. The van der Waals surface area contributed by atoms with Gasteiger partial charge in [-0.3, -0.25) is 9.59 Å². The van der Waals surface area contributed by atoms with Gasteiger partial charge in [0, 0.05) is 35.8 Å². The van der Waals surface area contributed by atoms with Crippen LogP contribution in [0, 0.1) is 11.8 Å². The van der Waals surface area contributed by atoms with Gasteiger partial charge in [0.15, 0.2) is 0 Å². The molecule has 0 spiro atoms. The summed E-state index contributed by atoms with van der Waals surface area (Å²) in [6, 6.07) is 15.6. The molecule has 3 fully saturated rings. The number of carboxylic acids is 1. The summed E-state index contributed by atoms with van der Waals surface area (Å²) < 4.78 is 15.8. The molecule has 1 atom stereocenters. The first-order chi connectivity index (χ1) is 22.7. The number of nitrogens with zero attached hydrogens (tertiary/aromatic N) is 1. The third-order valence-electron chi connectivity index (χ3n) is 9.20. The topological polar surface area (TPSA) is 156 Å². The van der Waals surface area contributed by atoms with Crippen molar-refractivity contribution >= 4 is 40.4 Å². The van der Waals surface area contributed by atoms with Crippen LogP contribution in [0.25, 0.3) is 11.0 Å². The molecule has 254 valence electrons. The Labute approximate surface area is 280 Å². The minimum Gasteiger partial charge on any atom is -0.475 e. The van der Waals surface area contributed by atoms with Gasteiger partial charge in [0.25, 0.3) is 0 Å². The van der Waals surface area contributed by atoms with E-state index in [4.69, 9.17) is 36.3 Å². The van der Waals surface area contributed by atoms with Crippen molar-refractivity contribution < 1.29 is 33.4 Å². The number of piperidine rings is 1. The van der Waals surface area contributed by atoms with Gasteiger partial charge < -0.3 is 40.3 Å². The number of nitrogens with one attached hydrogen (secondary N) is 2. The van der Waals surface area contributed by atoms with E-state index in [0.717, 1.165) is 64.1 Å². The molecule has 3 heterocycles. The summed E-state index contributed by atoms with van der Waals surface area (Å²) in [7, 11) is 0. The van der Waals surface area contributed by atoms with Crippen LogP contribution in [0.3, 0.4) is 0 Å². The number of amides is 2. The maximum atomic E-state index is 13.2. The quantitative estimate of drug-likeness (QED) is 0.248. The molecule has 0 bridgehead atoms. The molecule has 0 unspecified atom stereocenters. The van der Waals surface area contributed by atoms with E-state index in [2.05, 4.69) is 15.5 Å². The van der Waals surface area contributed by atoms with E-state index in [1.54, 1.807) is 18.2 Å². The third-order valence-corrected chi connectivity index (χ3v) is 9.44. The summed E-state index contributed by atoms with van der Waals surface area (Å²) in [4.78, 5) is 39.1. The Bertz CT molecular complexity index is 1480. The van der Waals surface area contributed by atoms with Crippen LogP contribution in [0.5, 0.6) is 0 Å².